The fraction of sp³-hybridized carbons (Fsp3) is 0.867. The summed E-state index contributed by atoms with van der Waals surface area (Å²) in [5.41, 5.74) is 1.71. The van der Waals surface area contributed by atoms with E-state index in [1.54, 1.807) is 0 Å². The number of aliphatic imine (C=N–C) groups is 1. The second kappa shape index (κ2) is 15.1. The van der Waals surface area contributed by atoms with Gasteiger partial charge < -0.3 is 44.1 Å². The van der Waals surface area contributed by atoms with E-state index < -0.39 is 47.2 Å². The topological polar surface area (TPSA) is 156 Å². The fourth-order valence-corrected chi connectivity index (χ4v) is 12.4. The van der Waals surface area contributed by atoms with Crippen LogP contribution in [0.5, 0.6) is 0 Å². The number of hydrogen-bond donors (Lipinski definition) is 4. The second-order valence-corrected chi connectivity index (χ2v) is 20.2. The van der Waals surface area contributed by atoms with Gasteiger partial charge in [0.15, 0.2) is 11.6 Å². The molecule has 1 aliphatic carbocycles. The third-order valence-electron chi connectivity index (χ3n) is 15.7. The van der Waals surface area contributed by atoms with Crippen molar-refractivity contribution >= 4 is 11.7 Å². The maximum atomic E-state index is 11.9. The lowest BCUT2D eigenvalue weighted by Crippen LogP contribution is -2.62. The number of carboxylic acid groups (broad SMARTS) is 1. The molecule has 6 saturated heterocycles. The fourth-order valence-electron chi connectivity index (χ4n) is 12.4. The van der Waals surface area contributed by atoms with Crippen LogP contribution in [0.4, 0.5) is 0 Å². The SMILES string of the molecule is C=C1CCCC2=NC[C@@H](C)[C@H](C)C[C@]23CCC([C@@H](O)CCC(=O)O)=C[C@H]3[C@H]2O[C@]3(C[C@H](C)C[C@@H]2O3)C[C@H]2O[C@@]3(CC[C@]4(O[C@H](CC[C@]4(C)O)C1)O3)C[C@@H](C)[C@H]2O. The van der Waals surface area contributed by atoms with Crippen molar-refractivity contribution in [1.29, 1.82) is 0 Å². The highest BCUT2D eigenvalue weighted by Gasteiger charge is 2.66. The van der Waals surface area contributed by atoms with Crippen molar-refractivity contribution in [3.05, 3.63) is 23.8 Å². The number of nitrogens with zero attached hydrogens (tertiary/aromatic N) is 1. The Labute approximate surface area is 333 Å². The molecular weight excluding hydrogens is 714 g/mol. The summed E-state index contributed by atoms with van der Waals surface area (Å²) in [6, 6.07) is 0. The van der Waals surface area contributed by atoms with Crippen LogP contribution in [0.1, 0.15) is 144 Å². The minimum Gasteiger partial charge on any atom is -0.481 e. The summed E-state index contributed by atoms with van der Waals surface area (Å²) >= 11 is 0. The lowest BCUT2D eigenvalue weighted by molar-refractivity contribution is -0.411. The average molecular weight is 784 g/mol. The van der Waals surface area contributed by atoms with Gasteiger partial charge in [-0.3, -0.25) is 9.79 Å². The Balaban J connectivity index is 1.21. The number of carbonyl (C=O) groups is 1. The molecule has 4 N–H and O–H groups in total. The first kappa shape index (κ1) is 41.1. The van der Waals surface area contributed by atoms with Crippen LogP contribution >= 0.6 is 0 Å². The van der Waals surface area contributed by atoms with Gasteiger partial charge in [0.1, 0.15) is 5.60 Å². The Morgan fingerprint density at radius 3 is 2.50 bits per heavy atom. The van der Waals surface area contributed by atoms with Gasteiger partial charge in [0, 0.05) is 62.1 Å². The van der Waals surface area contributed by atoms with Crippen LogP contribution in [-0.4, -0.2) is 98.2 Å². The lowest BCUT2D eigenvalue weighted by atomic mass is 9.57. The Bertz CT molecular complexity index is 1580. The van der Waals surface area contributed by atoms with Crippen molar-refractivity contribution in [3.8, 4) is 0 Å². The van der Waals surface area contributed by atoms with Crippen molar-refractivity contribution < 1.29 is 48.9 Å². The van der Waals surface area contributed by atoms with Crippen LogP contribution in [0.3, 0.4) is 0 Å². The maximum absolute atomic E-state index is 11.9. The van der Waals surface area contributed by atoms with E-state index in [0.29, 0.717) is 75.5 Å². The van der Waals surface area contributed by atoms with E-state index in [4.69, 9.17) is 28.7 Å². The molecular formula is C45H69NO10. The van der Waals surface area contributed by atoms with E-state index in [1.165, 1.54) is 5.71 Å². The lowest BCUT2D eigenvalue weighted by Gasteiger charge is -2.51. The molecule has 7 heterocycles. The minimum atomic E-state index is -1.22. The molecule has 0 aromatic heterocycles. The van der Waals surface area contributed by atoms with Crippen LogP contribution in [0.25, 0.3) is 0 Å². The molecule has 0 saturated carbocycles. The molecule has 314 valence electrons. The van der Waals surface area contributed by atoms with E-state index in [0.717, 1.165) is 56.2 Å². The first-order chi connectivity index (χ1) is 26.5. The third kappa shape index (κ3) is 7.41. The predicted molar refractivity (Wildman–Crippen MR) is 210 cm³/mol. The number of fused-ring (bicyclic) bond motifs is 6. The highest BCUT2D eigenvalue weighted by molar-refractivity contribution is 5.91. The molecule has 16 atom stereocenters. The number of hydrogen-bond acceptors (Lipinski definition) is 10. The van der Waals surface area contributed by atoms with E-state index in [-0.39, 0.29) is 48.4 Å². The van der Waals surface area contributed by atoms with Gasteiger partial charge in [-0.1, -0.05) is 45.9 Å². The number of ether oxygens (including phenoxy) is 5. The van der Waals surface area contributed by atoms with Gasteiger partial charge in [-0.2, -0.15) is 0 Å². The molecule has 7 aliphatic heterocycles. The molecule has 11 heteroatoms. The molecule has 0 aromatic carbocycles. The average Bonchev–Trinajstić information content (AvgIpc) is 3.57. The van der Waals surface area contributed by atoms with Crippen LogP contribution in [0.15, 0.2) is 28.8 Å². The van der Waals surface area contributed by atoms with Gasteiger partial charge >= 0.3 is 5.97 Å². The predicted octanol–water partition coefficient (Wildman–Crippen LogP) is 7.00. The number of aliphatic hydroxyl groups excluding tert-OH is 2. The summed E-state index contributed by atoms with van der Waals surface area (Å²) in [5.74, 6) is -3.32. The summed E-state index contributed by atoms with van der Waals surface area (Å²) in [6.45, 7) is 16.1. The van der Waals surface area contributed by atoms with Crippen LogP contribution < -0.4 is 0 Å². The Kier molecular flexibility index (Phi) is 11.1. The number of aliphatic carboxylic acids is 1. The van der Waals surface area contributed by atoms with E-state index in [2.05, 4.69) is 33.4 Å². The first-order valence-electron chi connectivity index (χ1n) is 22.1. The summed E-state index contributed by atoms with van der Waals surface area (Å²) in [4.78, 5) is 17.0. The van der Waals surface area contributed by atoms with E-state index in [9.17, 15) is 25.2 Å². The Morgan fingerprint density at radius 2 is 1.71 bits per heavy atom. The third-order valence-corrected chi connectivity index (χ3v) is 15.7. The quantitative estimate of drug-likeness (QED) is 0.219. The standard InChI is InChI=1S/C45H69NO10/c1-26-8-7-9-37-42(22-28(3)30(5)25-46-37)15-12-31(34(47)10-11-38(48)49)20-33(42)40-35-19-27(2)21-44(53-35,55-40)24-36-39(50)29(4)23-43(54-36)16-17-45(56-43)41(6,51)14-13-32(18-26)52-45/h20,27-30,32-36,39-40,47,50-51H,1,7-19,21-25H2,2-6H3,(H,48,49)/t27-,28-,29-,30-,32-,33+,34+,35+,36-,39-,40-,41+,42+,43-,44-,45+/m1/s1. The molecule has 0 aromatic rings. The molecule has 6 fully saturated rings. The number of aliphatic hydroxyl groups is 3. The Hall–Kier alpha value is -1.70. The molecule has 7 bridgehead atoms. The summed E-state index contributed by atoms with van der Waals surface area (Å²) in [7, 11) is 0. The highest BCUT2D eigenvalue weighted by atomic mass is 16.8. The summed E-state index contributed by atoms with van der Waals surface area (Å²) in [5, 5.41) is 44.6. The summed E-state index contributed by atoms with van der Waals surface area (Å²) in [6.07, 6.45) is 9.69. The normalized spacial score (nSPS) is 50.2. The molecule has 8 rings (SSSR count). The zero-order valence-corrected chi connectivity index (χ0v) is 34.5. The molecule has 56 heavy (non-hydrogen) atoms. The zero-order valence-electron chi connectivity index (χ0n) is 34.5. The van der Waals surface area contributed by atoms with Crippen molar-refractivity contribution in [2.24, 2.45) is 40.0 Å². The first-order valence-corrected chi connectivity index (χ1v) is 22.1. The molecule has 0 amide bonds. The van der Waals surface area contributed by atoms with Crippen LogP contribution in [0.2, 0.25) is 0 Å². The maximum Gasteiger partial charge on any atom is 0.303 e. The monoisotopic (exact) mass is 783 g/mol. The van der Waals surface area contributed by atoms with Crippen LogP contribution in [-0.2, 0) is 28.5 Å². The molecule has 11 nitrogen and oxygen atoms in total. The Morgan fingerprint density at radius 1 is 0.929 bits per heavy atom. The van der Waals surface area contributed by atoms with E-state index in [1.807, 2.05) is 13.8 Å². The van der Waals surface area contributed by atoms with Crippen molar-refractivity contribution in [1.82, 2.24) is 0 Å². The zero-order chi connectivity index (χ0) is 39.8. The molecule has 0 unspecified atom stereocenters. The van der Waals surface area contributed by atoms with E-state index >= 15 is 0 Å². The van der Waals surface area contributed by atoms with Gasteiger partial charge in [-0.05, 0) is 107 Å². The van der Waals surface area contributed by atoms with Gasteiger partial charge in [0.2, 0.25) is 5.79 Å². The molecule has 0 radical (unpaired) electrons. The summed E-state index contributed by atoms with van der Waals surface area (Å²) < 4.78 is 35.3. The number of carboxylic acids is 1. The molecule has 4 spiro atoms. The minimum absolute atomic E-state index is 0.0936. The van der Waals surface area contributed by atoms with Gasteiger partial charge in [-0.25, -0.2) is 0 Å². The van der Waals surface area contributed by atoms with Gasteiger partial charge in [-0.15, -0.1) is 0 Å². The van der Waals surface area contributed by atoms with Crippen molar-refractivity contribution in [2.75, 3.05) is 6.54 Å². The smallest absolute Gasteiger partial charge is 0.303 e. The molecule has 8 aliphatic rings. The largest absolute Gasteiger partial charge is 0.481 e. The second-order valence-electron chi connectivity index (χ2n) is 20.2. The van der Waals surface area contributed by atoms with Crippen LogP contribution in [0, 0.1) is 35.0 Å². The van der Waals surface area contributed by atoms with Gasteiger partial charge in [0.05, 0.1) is 36.6 Å². The van der Waals surface area contributed by atoms with Crippen molar-refractivity contribution in [3.63, 3.8) is 0 Å². The highest BCUT2D eigenvalue weighted by Crippen LogP contribution is 2.59. The number of rotatable bonds is 4. The van der Waals surface area contributed by atoms with Gasteiger partial charge in [0.25, 0.3) is 0 Å². The van der Waals surface area contributed by atoms with Crippen molar-refractivity contribution in [2.45, 2.75) is 203 Å².